The Balaban J connectivity index is 1.73. The van der Waals surface area contributed by atoms with Gasteiger partial charge in [0.25, 0.3) is 5.91 Å². The standard InChI is InChI=1S/C15H12BrClN2O2/c16-12-5-10(17)2-1-9(12)7-18-11-3-4-14-13(6-11)19-15(20)8-21-14/h1-6,18H,7-8H2,(H,19,20). The summed E-state index contributed by atoms with van der Waals surface area (Å²) >= 11 is 9.41. The number of nitrogens with one attached hydrogen (secondary N) is 2. The quantitative estimate of drug-likeness (QED) is 0.860. The molecule has 1 aliphatic heterocycles. The molecule has 2 N–H and O–H groups in total. The van der Waals surface area contributed by atoms with Crippen LogP contribution in [0.25, 0.3) is 0 Å². The molecular formula is C15H12BrClN2O2. The van der Waals surface area contributed by atoms with Crippen molar-refractivity contribution in [3.8, 4) is 5.75 Å². The van der Waals surface area contributed by atoms with Gasteiger partial charge in [0, 0.05) is 21.7 Å². The zero-order valence-corrected chi connectivity index (χ0v) is 13.3. The largest absolute Gasteiger partial charge is 0.482 e. The van der Waals surface area contributed by atoms with E-state index in [2.05, 4.69) is 26.6 Å². The molecule has 0 bridgehead atoms. The van der Waals surface area contributed by atoms with Gasteiger partial charge in [0.2, 0.25) is 0 Å². The van der Waals surface area contributed by atoms with Gasteiger partial charge in [0.15, 0.2) is 6.61 Å². The fraction of sp³-hybridized carbons (Fsp3) is 0.133. The van der Waals surface area contributed by atoms with Crippen LogP contribution in [-0.4, -0.2) is 12.5 Å². The molecule has 1 heterocycles. The first kappa shape index (κ1) is 14.2. The lowest BCUT2D eigenvalue weighted by Gasteiger charge is -2.19. The molecule has 108 valence electrons. The van der Waals surface area contributed by atoms with Crippen LogP contribution in [0.3, 0.4) is 0 Å². The number of hydrogen-bond donors (Lipinski definition) is 2. The van der Waals surface area contributed by atoms with Crippen molar-refractivity contribution in [2.24, 2.45) is 0 Å². The predicted molar refractivity (Wildman–Crippen MR) is 87.0 cm³/mol. The van der Waals surface area contributed by atoms with Crippen LogP contribution in [-0.2, 0) is 11.3 Å². The molecule has 0 atom stereocenters. The van der Waals surface area contributed by atoms with Crippen LogP contribution in [0.1, 0.15) is 5.56 Å². The summed E-state index contributed by atoms with van der Waals surface area (Å²) in [6, 6.07) is 11.3. The third-order valence-electron chi connectivity index (χ3n) is 3.11. The topological polar surface area (TPSA) is 50.4 Å². The molecule has 0 fully saturated rings. The number of anilines is 2. The Hall–Kier alpha value is -1.72. The molecule has 21 heavy (non-hydrogen) atoms. The molecule has 2 aromatic carbocycles. The van der Waals surface area contributed by atoms with Gasteiger partial charge >= 0.3 is 0 Å². The van der Waals surface area contributed by atoms with Crippen molar-refractivity contribution in [1.29, 1.82) is 0 Å². The molecule has 0 unspecified atom stereocenters. The molecule has 0 aromatic heterocycles. The van der Waals surface area contributed by atoms with E-state index in [1.165, 1.54) is 0 Å². The number of rotatable bonds is 3. The molecule has 1 amide bonds. The Labute approximate surface area is 135 Å². The lowest BCUT2D eigenvalue weighted by atomic mass is 10.2. The summed E-state index contributed by atoms with van der Waals surface area (Å²) in [4.78, 5) is 11.3. The molecule has 1 aliphatic rings. The normalized spacial score (nSPS) is 13.1. The molecule has 0 spiro atoms. The number of hydrogen-bond acceptors (Lipinski definition) is 3. The van der Waals surface area contributed by atoms with Crippen LogP contribution in [0, 0.1) is 0 Å². The minimum Gasteiger partial charge on any atom is -0.482 e. The molecule has 0 aliphatic carbocycles. The predicted octanol–water partition coefficient (Wildman–Crippen LogP) is 4.05. The Bertz CT molecular complexity index is 706. The van der Waals surface area contributed by atoms with E-state index in [4.69, 9.17) is 16.3 Å². The lowest BCUT2D eigenvalue weighted by Crippen LogP contribution is -2.25. The number of carbonyl (C=O) groups is 1. The summed E-state index contributed by atoms with van der Waals surface area (Å²) in [6.07, 6.45) is 0. The maximum atomic E-state index is 11.3. The average molecular weight is 368 g/mol. The molecule has 2 aromatic rings. The number of amides is 1. The number of fused-ring (bicyclic) bond motifs is 1. The summed E-state index contributed by atoms with van der Waals surface area (Å²) < 4.78 is 6.28. The molecule has 0 saturated heterocycles. The second kappa shape index (κ2) is 5.95. The second-order valence-corrected chi connectivity index (χ2v) is 5.93. The van der Waals surface area contributed by atoms with E-state index in [-0.39, 0.29) is 12.5 Å². The number of carbonyl (C=O) groups excluding carboxylic acids is 1. The number of ether oxygens (including phenoxy) is 1. The highest BCUT2D eigenvalue weighted by atomic mass is 79.9. The van der Waals surface area contributed by atoms with Crippen LogP contribution in [0.5, 0.6) is 5.75 Å². The van der Waals surface area contributed by atoms with Crippen LogP contribution in [0.15, 0.2) is 40.9 Å². The van der Waals surface area contributed by atoms with Crippen LogP contribution < -0.4 is 15.4 Å². The van der Waals surface area contributed by atoms with Crippen LogP contribution in [0.2, 0.25) is 5.02 Å². The van der Waals surface area contributed by atoms with E-state index in [1.807, 2.05) is 36.4 Å². The summed E-state index contributed by atoms with van der Waals surface area (Å²) in [5.74, 6) is 0.549. The molecule has 0 saturated carbocycles. The smallest absolute Gasteiger partial charge is 0.262 e. The van der Waals surface area contributed by atoms with Crippen molar-refractivity contribution in [3.63, 3.8) is 0 Å². The zero-order valence-electron chi connectivity index (χ0n) is 11.0. The maximum Gasteiger partial charge on any atom is 0.262 e. The van der Waals surface area contributed by atoms with Crippen molar-refractivity contribution >= 4 is 44.8 Å². The van der Waals surface area contributed by atoms with Gasteiger partial charge in [-0.2, -0.15) is 0 Å². The second-order valence-electron chi connectivity index (χ2n) is 4.64. The first-order valence-corrected chi connectivity index (χ1v) is 7.53. The monoisotopic (exact) mass is 366 g/mol. The van der Waals surface area contributed by atoms with Gasteiger partial charge in [-0.3, -0.25) is 4.79 Å². The third kappa shape index (κ3) is 3.31. The highest BCUT2D eigenvalue weighted by Gasteiger charge is 2.15. The summed E-state index contributed by atoms with van der Waals surface area (Å²) in [6.45, 7) is 0.711. The Kier molecular flexibility index (Phi) is 4.03. The fourth-order valence-electron chi connectivity index (χ4n) is 2.06. The van der Waals surface area contributed by atoms with Crippen molar-refractivity contribution < 1.29 is 9.53 Å². The van der Waals surface area contributed by atoms with Gasteiger partial charge in [0.1, 0.15) is 5.75 Å². The Morgan fingerprint density at radius 3 is 2.95 bits per heavy atom. The van der Waals surface area contributed by atoms with Crippen LogP contribution in [0.4, 0.5) is 11.4 Å². The molecule has 4 nitrogen and oxygen atoms in total. The van der Waals surface area contributed by atoms with Gasteiger partial charge in [-0.05, 0) is 35.9 Å². The van der Waals surface area contributed by atoms with E-state index in [1.54, 1.807) is 0 Å². The average Bonchev–Trinajstić information content (AvgIpc) is 2.46. The lowest BCUT2D eigenvalue weighted by molar-refractivity contribution is -0.118. The first-order chi connectivity index (χ1) is 10.1. The van der Waals surface area contributed by atoms with Crippen molar-refractivity contribution in [1.82, 2.24) is 0 Å². The molecule has 3 rings (SSSR count). The summed E-state index contributed by atoms with van der Waals surface area (Å²) in [5, 5.41) is 6.79. The van der Waals surface area contributed by atoms with E-state index < -0.39 is 0 Å². The van der Waals surface area contributed by atoms with E-state index in [0.29, 0.717) is 23.0 Å². The highest BCUT2D eigenvalue weighted by Crippen LogP contribution is 2.31. The SMILES string of the molecule is O=C1COc2ccc(NCc3ccc(Cl)cc3Br)cc2N1. The van der Waals surface area contributed by atoms with Crippen molar-refractivity contribution in [2.75, 3.05) is 17.2 Å². The van der Waals surface area contributed by atoms with Crippen LogP contribution >= 0.6 is 27.5 Å². The Morgan fingerprint density at radius 2 is 2.14 bits per heavy atom. The van der Waals surface area contributed by atoms with Gasteiger partial charge in [0.05, 0.1) is 5.69 Å². The summed E-state index contributed by atoms with van der Waals surface area (Å²) in [5.41, 5.74) is 2.69. The number of halogens is 2. The van der Waals surface area contributed by atoms with E-state index in [9.17, 15) is 4.79 Å². The van der Waals surface area contributed by atoms with E-state index in [0.717, 1.165) is 15.7 Å². The molecule has 0 radical (unpaired) electrons. The molecular weight excluding hydrogens is 356 g/mol. The van der Waals surface area contributed by atoms with E-state index >= 15 is 0 Å². The van der Waals surface area contributed by atoms with Gasteiger partial charge in [-0.25, -0.2) is 0 Å². The first-order valence-electron chi connectivity index (χ1n) is 6.36. The van der Waals surface area contributed by atoms with Crippen molar-refractivity contribution in [3.05, 3.63) is 51.5 Å². The minimum absolute atomic E-state index is 0.0670. The van der Waals surface area contributed by atoms with Gasteiger partial charge in [-0.1, -0.05) is 33.6 Å². The van der Waals surface area contributed by atoms with Crippen molar-refractivity contribution in [2.45, 2.75) is 6.54 Å². The fourth-order valence-corrected chi connectivity index (χ4v) is 2.88. The molecule has 6 heteroatoms. The highest BCUT2D eigenvalue weighted by molar-refractivity contribution is 9.10. The minimum atomic E-state index is -0.139. The summed E-state index contributed by atoms with van der Waals surface area (Å²) in [7, 11) is 0. The van der Waals surface area contributed by atoms with Gasteiger partial charge < -0.3 is 15.4 Å². The number of benzene rings is 2. The Morgan fingerprint density at radius 1 is 1.29 bits per heavy atom. The third-order valence-corrected chi connectivity index (χ3v) is 4.08. The zero-order chi connectivity index (χ0) is 14.8. The van der Waals surface area contributed by atoms with Gasteiger partial charge in [-0.15, -0.1) is 0 Å². The maximum absolute atomic E-state index is 11.3.